The summed E-state index contributed by atoms with van der Waals surface area (Å²) in [5.74, 6) is -0.245. The fourth-order valence-corrected chi connectivity index (χ4v) is 6.45. The molecule has 2 aromatic carbocycles. The van der Waals surface area contributed by atoms with Crippen LogP contribution in [0.15, 0.2) is 41.3 Å². The van der Waals surface area contributed by atoms with Crippen molar-refractivity contribution in [2.75, 3.05) is 36.8 Å². The van der Waals surface area contributed by atoms with E-state index in [0.717, 1.165) is 35.3 Å². The molecule has 0 spiro atoms. The van der Waals surface area contributed by atoms with Gasteiger partial charge in [-0.3, -0.25) is 14.5 Å². The highest BCUT2D eigenvalue weighted by atomic mass is 35.5. The van der Waals surface area contributed by atoms with E-state index in [4.69, 9.17) is 11.6 Å². The summed E-state index contributed by atoms with van der Waals surface area (Å²) in [6.45, 7) is 14.8. The number of halogens is 1. The van der Waals surface area contributed by atoms with Crippen molar-refractivity contribution in [3.63, 3.8) is 0 Å². The third-order valence-electron chi connectivity index (χ3n) is 7.57. The largest absolute Gasteiger partial charge is 0.337 e. The summed E-state index contributed by atoms with van der Waals surface area (Å²) in [6.07, 6.45) is 1.09. The Morgan fingerprint density at radius 3 is 2.27 bits per heavy atom. The van der Waals surface area contributed by atoms with Crippen LogP contribution in [0.3, 0.4) is 0 Å². The number of benzene rings is 2. The number of nitrogens with zero attached hydrogens (tertiary/aromatic N) is 3. The zero-order valence-corrected chi connectivity index (χ0v) is 26.3. The van der Waals surface area contributed by atoms with E-state index in [0.29, 0.717) is 31.1 Å². The molecule has 0 saturated heterocycles. The first-order valence-corrected chi connectivity index (χ1v) is 16.2. The highest BCUT2D eigenvalue weighted by molar-refractivity contribution is 7.91. The number of carbonyl (C=O) groups is 2. The second-order valence-electron chi connectivity index (χ2n) is 11.5. The highest BCUT2D eigenvalue weighted by Crippen LogP contribution is 2.29. The van der Waals surface area contributed by atoms with Crippen LogP contribution < -0.4 is 4.90 Å². The van der Waals surface area contributed by atoms with Gasteiger partial charge in [0, 0.05) is 56.6 Å². The van der Waals surface area contributed by atoms with Gasteiger partial charge in [-0.2, -0.15) is 0 Å². The van der Waals surface area contributed by atoms with Crippen molar-refractivity contribution in [2.24, 2.45) is 5.92 Å². The first kappa shape index (κ1) is 32.1. The Labute approximate surface area is 245 Å². The van der Waals surface area contributed by atoms with Crippen molar-refractivity contribution >= 4 is 38.9 Å². The molecule has 220 valence electrons. The van der Waals surface area contributed by atoms with Gasteiger partial charge in [-0.15, -0.1) is 0 Å². The van der Waals surface area contributed by atoms with E-state index in [1.54, 1.807) is 35.2 Å². The second-order valence-corrected chi connectivity index (χ2v) is 14.1. The van der Waals surface area contributed by atoms with E-state index in [1.807, 2.05) is 38.7 Å². The molecule has 1 aliphatic rings. The zero-order valence-electron chi connectivity index (χ0n) is 24.7. The van der Waals surface area contributed by atoms with Crippen LogP contribution in [0.2, 0.25) is 5.02 Å². The smallest absolute Gasteiger partial charge is 0.227 e. The van der Waals surface area contributed by atoms with Crippen LogP contribution in [0.5, 0.6) is 0 Å². The minimum atomic E-state index is -3.62. The standard InChI is InChI=1S/C31H44ClN3O4S/c1-22(2)18-31(37)35-14-7-13-33(23(3)4)15-16-34(21-26-9-10-27(32)20-29(26)35)30(36)12-17-40(38,39)28-11-8-24(5)25(6)19-28/h8-11,19-20,22-23H,7,12-18,21H2,1-6H3. The maximum atomic E-state index is 13.6. The lowest BCUT2D eigenvalue weighted by atomic mass is 10.1. The molecule has 0 radical (unpaired) electrons. The van der Waals surface area contributed by atoms with Crippen molar-refractivity contribution in [3.05, 3.63) is 58.1 Å². The number of hydrogen-bond acceptors (Lipinski definition) is 5. The molecule has 0 N–H and O–H groups in total. The average Bonchev–Trinajstić information content (AvgIpc) is 2.91. The van der Waals surface area contributed by atoms with E-state index in [2.05, 4.69) is 18.7 Å². The molecule has 7 nitrogen and oxygen atoms in total. The fraction of sp³-hybridized carbons (Fsp3) is 0.548. The van der Waals surface area contributed by atoms with Crippen LogP contribution in [0, 0.1) is 19.8 Å². The van der Waals surface area contributed by atoms with E-state index in [9.17, 15) is 18.0 Å². The maximum absolute atomic E-state index is 13.6. The van der Waals surface area contributed by atoms with E-state index in [1.165, 1.54) is 0 Å². The lowest BCUT2D eigenvalue weighted by molar-refractivity contribution is -0.131. The van der Waals surface area contributed by atoms with Gasteiger partial charge in [0.15, 0.2) is 9.84 Å². The monoisotopic (exact) mass is 589 g/mol. The Morgan fingerprint density at radius 2 is 1.62 bits per heavy atom. The number of fused-ring (bicyclic) bond motifs is 1. The van der Waals surface area contributed by atoms with Crippen LogP contribution in [-0.2, 0) is 26.0 Å². The lowest BCUT2D eigenvalue weighted by Crippen LogP contribution is -2.41. The van der Waals surface area contributed by atoms with Crippen LogP contribution >= 0.6 is 11.6 Å². The second kappa shape index (κ2) is 14.0. The average molecular weight is 590 g/mol. The van der Waals surface area contributed by atoms with Crippen LogP contribution in [0.4, 0.5) is 5.69 Å². The summed E-state index contributed by atoms with van der Waals surface area (Å²) in [6, 6.07) is 10.8. The van der Waals surface area contributed by atoms with Gasteiger partial charge in [0.1, 0.15) is 0 Å². The molecule has 3 rings (SSSR count). The lowest BCUT2D eigenvalue weighted by Gasteiger charge is -2.30. The summed E-state index contributed by atoms with van der Waals surface area (Å²) in [4.78, 5) is 33.1. The van der Waals surface area contributed by atoms with Gasteiger partial charge in [0.05, 0.1) is 16.3 Å². The topological polar surface area (TPSA) is 78.0 Å². The minimum absolute atomic E-state index is 0.0335. The maximum Gasteiger partial charge on any atom is 0.227 e. The molecule has 0 fully saturated rings. The van der Waals surface area contributed by atoms with Crippen molar-refractivity contribution < 1.29 is 18.0 Å². The fourth-order valence-electron chi connectivity index (χ4n) is 4.97. The number of amides is 2. The van der Waals surface area contributed by atoms with Crippen molar-refractivity contribution in [2.45, 2.75) is 78.3 Å². The molecule has 0 saturated carbocycles. The van der Waals surface area contributed by atoms with Crippen LogP contribution in [-0.4, -0.2) is 68.0 Å². The number of carbonyl (C=O) groups excluding carboxylic acids is 2. The quantitative estimate of drug-likeness (QED) is 0.417. The summed E-state index contributed by atoms with van der Waals surface area (Å²) in [7, 11) is -3.62. The number of hydrogen-bond donors (Lipinski definition) is 0. The van der Waals surface area contributed by atoms with E-state index < -0.39 is 9.84 Å². The molecule has 0 aromatic heterocycles. The van der Waals surface area contributed by atoms with Gasteiger partial charge in [-0.25, -0.2) is 8.42 Å². The summed E-state index contributed by atoms with van der Waals surface area (Å²) < 4.78 is 26.2. The highest BCUT2D eigenvalue weighted by Gasteiger charge is 2.26. The van der Waals surface area contributed by atoms with Gasteiger partial charge in [0.25, 0.3) is 0 Å². The van der Waals surface area contributed by atoms with Gasteiger partial charge in [-0.05, 0) is 81.0 Å². The van der Waals surface area contributed by atoms with Crippen LogP contribution in [0.1, 0.15) is 63.6 Å². The summed E-state index contributed by atoms with van der Waals surface area (Å²) >= 11 is 6.40. The summed E-state index contributed by atoms with van der Waals surface area (Å²) in [5.41, 5.74) is 3.47. The molecule has 0 bridgehead atoms. The Morgan fingerprint density at radius 1 is 0.900 bits per heavy atom. The normalized spacial score (nSPS) is 15.7. The van der Waals surface area contributed by atoms with Gasteiger partial charge < -0.3 is 9.80 Å². The molecule has 0 atom stereocenters. The van der Waals surface area contributed by atoms with Crippen molar-refractivity contribution in [3.8, 4) is 0 Å². The first-order chi connectivity index (χ1) is 18.8. The predicted molar refractivity (Wildman–Crippen MR) is 163 cm³/mol. The molecule has 0 aliphatic carbocycles. The molecule has 0 unspecified atom stereocenters. The Hall–Kier alpha value is -2.42. The van der Waals surface area contributed by atoms with Crippen molar-refractivity contribution in [1.29, 1.82) is 0 Å². The zero-order chi connectivity index (χ0) is 29.6. The molecule has 2 amide bonds. The van der Waals surface area contributed by atoms with Crippen molar-refractivity contribution in [1.82, 2.24) is 9.80 Å². The number of rotatable bonds is 7. The number of sulfone groups is 1. The first-order valence-electron chi connectivity index (χ1n) is 14.2. The molecule has 1 aliphatic heterocycles. The minimum Gasteiger partial charge on any atom is -0.337 e. The van der Waals surface area contributed by atoms with Crippen LogP contribution in [0.25, 0.3) is 0 Å². The SMILES string of the molecule is Cc1ccc(S(=O)(=O)CCC(=O)N2CCN(C(C)C)CCCN(C(=O)CC(C)C)c3cc(Cl)ccc3C2)cc1C. The molecular weight excluding hydrogens is 546 g/mol. The Kier molecular flexibility index (Phi) is 11.2. The van der Waals surface area contributed by atoms with E-state index in [-0.39, 0.29) is 47.4 Å². The Balaban J connectivity index is 1.92. The van der Waals surface area contributed by atoms with Gasteiger partial charge in [-0.1, -0.05) is 37.6 Å². The molecule has 9 heteroatoms. The summed E-state index contributed by atoms with van der Waals surface area (Å²) in [5, 5.41) is 0.525. The Bertz CT molecular complexity index is 1310. The predicted octanol–water partition coefficient (Wildman–Crippen LogP) is 5.64. The van der Waals surface area contributed by atoms with E-state index >= 15 is 0 Å². The number of anilines is 1. The number of aryl methyl sites for hydroxylation is 2. The molecule has 1 heterocycles. The molecular formula is C31H44ClN3O4S. The van der Waals surface area contributed by atoms with Gasteiger partial charge in [0.2, 0.25) is 11.8 Å². The third kappa shape index (κ3) is 8.54. The van der Waals surface area contributed by atoms with Gasteiger partial charge >= 0.3 is 0 Å². The molecule has 40 heavy (non-hydrogen) atoms. The third-order valence-corrected chi connectivity index (χ3v) is 9.52. The molecule has 2 aromatic rings.